The van der Waals surface area contributed by atoms with Gasteiger partial charge in [-0.2, -0.15) is 0 Å². The van der Waals surface area contributed by atoms with E-state index in [2.05, 4.69) is 20.3 Å². The number of piperidine rings is 1. The number of amides is 1. The predicted octanol–water partition coefficient (Wildman–Crippen LogP) is 0.263. The molecule has 0 radical (unpaired) electrons. The van der Waals surface area contributed by atoms with Crippen LogP contribution in [0.3, 0.4) is 0 Å². The molecule has 3 rings (SSSR count). The van der Waals surface area contributed by atoms with Crippen LogP contribution in [-0.4, -0.2) is 46.3 Å². The molecular formula is C15H21ClN4O3S. The van der Waals surface area contributed by atoms with Gasteiger partial charge in [0.15, 0.2) is 0 Å². The largest absolute Gasteiger partial charge is 0.354 e. The summed E-state index contributed by atoms with van der Waals surface area (Å²) < 4.78 is 26.3. The third-order valence-electron chi connectivity index (χ3n) is 4.03. The second-order valence-electron chi connectivity index (χ2n) is 5.78. The van der Waals surface area contributed by atoms with E-state index in [0.29, 0.717) is 18.0 Å². The van der Waals surface area contributed by atoms with Gasteiger partial charge in [0.2, 0.25) is 5.91 Å². The first-order chi connectivity index (χ1) is 11.1. The van der Waals surface area contributed by atoms with Crippen molar-refractivity contribution in [3.05, 3.63) is 29.8 Å². The number of nitrogens with zero attached hydrogens (tertiary/aromatic N) is 1. The highest BCUT2D eigenvalue weighted by Gasteiger charge is 2.30. The van der Waals surface area contributed by atoms with E-state index in [4.69, 9.17) is 0 Å². The second-order valence-corrected chi connectivity index (χ2v) is 7.43. The standard InChI is InChI=1S/C15H20N4O3S.ClH/c20-14(17-9-11-4-3-7-16-8-11)10-18-15-12-5-1-2-6-13(12)23(21,22)19-15;/h1-2,5-6,11,16H,3-4,7-10H2,(H,17,20)(H,18,19);1H. The Bertz CT molecular complexity index is 730. The fraction of sp³-hybridized carbons (Fsp3) is 0.467. The van der Waals surface area contributed by atoms with Crippen LogP contribution in [0.25, 0.3) is 0 Å². The number of carbonyl (C=O) groups is 1. The van der Waals surface area contributed by atoms with Gasteiger partial charge in [0, 0.05) is 12.1 Å². The van der Waals surface area contributed by atoms with Crippen LogP contribution in [0.4, 0.5) is 0 Å². The Morgan fingerprint density at radius 1 is 1.33 bits per heavy atom. The molecule has 2 aliphatic rings. The minimum Gasteiger partial charge on any atom is -0.354 e. The van der Waals surface area contributed by atoms with Crippen molar-refractivity contribution in [1.29, 1.82) is 0 Å². The molecule has 24 heavy (non-hydrogen) atoms. The summed E-state index contributed by atoms with van der Waals surface area (Å²) in [4.78, 5) is 16.2. The molecule has 2 aliphatic heterocycles. The molecule has 1 aromatic rings. The van der Waals surface area contributed by atoms with Crippen LogP contribution >= 0.6 is 12.4 Å². The van der Waals surface area contributed by atoms with Crippen LogP contribution in [0.2, 0.25) is 0 Å². The fourth-order valence-corrected chi connectivity index (χ4v) is 4.07. The van der Waals surface area contributed by atoms with Crippen LogP contribution in [0.15, 0.2) is 34.2 Å². The Morgan fingerprint density at radius 2 is 2.12 bits per heavy atom. The average Bonchev–Trinajstić information content (AvgIpc) is 2.83. The third kappa shape index (κ3) is 4.25. The molecule has 0 aromatic heterocycles. The van der Waals surface area contributed by atoms with Crippen LogP contribution in [0.1, 0.15) is 18.4 Å². The van der Waals surface area contributed by atoms with Crippen molar-refractivity contribution in [3.63, 3.8) is 0 Å². The SMILES string of the molecule is Cl.O=C(CN=C1NS(=O)(=O)c2ccccc21)NCC1CCCNC1. The number of aliphatic imine (C=N–C) groups is 1. The maximum absolute atomic E-state index is 11.9. The van der Waals surface area contributed by atoms with Gasteiger partial charge in [0.05, 0.1) is 4.90 Å². The van der Waals surface area contributed by atoms with E-state index in [0.717, 1.165) is 25.9 Å². The Labute approximate surface area is 147 Å². The summed E-state index contributed by atoms with van der Waals surface area (Å²) in [6.45, 7) is 2.49. The van der Waals surface area contributed by atoms with Gasteiger partial charge < -0.3 is 10.6 Å². The second kappa shape index (κ2) is 7.96. The van der Waals surface area contributed by atoms with E-state index < -0.39 is 10.0 Å². The van der Waals surface area contributed by atoms with E-state index in [9.17, 15) is 13.2 Å². The quantitative estimate of drug-likeness (QED) is 0.706. The molecule has 1 fully saturated rings. The number of halogens is 1. The molecule has 1 atom stereocenters. The van der Waals surface area contributed by atoms with Gasteiger partial charge in [0.1, 0.15) is 12.4 Å². The molecule has 132 valence electrons. The Hall–Kier alpha value is -1.64. The third-order valence-corrected chi connectivity index (χ3v) is 5.43. The summed E-state index contributed by atoms with van der Waals surface area (Å²) in [7, 11) is -3.55. The summed E-state index contributed by atoms with van der Waals surface area (Å²) in [5, 5.41) is 6.16. The van der Waals surface area contributed by atoms with Crippen LogP contribution in [0.5, 0.6) is 0 Å². The molecule has 1 unspecified atom stereocenters. The molecule has 1 saturated heterocycles. The minimum absolute atomic E-state index is 0. The smallest absolute Gasteiger partial charge is 0.263 e. The topological polar surface area (TPSA) is 99.7 Å². The van der Waals surface area contributed by atoms with Gasteiger partial charge in [-0.1, -0.05) is 12.1 Å². The average molecular weight is 373 g/mol. The highest BCUT2D eigenvalue weighted by molar-refractivity contribution is 7.90. The number of carbonyl (C=O) groups excluding carboxylic acids is 1. The van der Waals surface area contributed by atoms with E-state index in [-0.39, 0.29) is 35.6 Å². The zero-order chi connectivity index (χ0) is 16.3. The Morgan fingerprint density at radius 3 is 2.88 bits per heavy atom. The lowest BCUT2D eigenvalue weighted by atomic mass is 10.00. The number of hydrogen-bond acceptors (Lipinski definition) is 5. The van der Waals surface area contributed by atoms with Gasteiger partial charge in [-0.3, -0.25) is 14.5 Å². The molecule has 0 bridgehead atoms. The molecule has 0 saturated carbocycles. The van der Waals surface area contributed by atoms with Crippen molar-refractivity contribution in [3.8, 4) is 0 Å². The van der Waals surface area contributed by atoms with Crippen molar-refractivity contribution in [1.82, 2.24) is 15.4 Å². The summed E-state index contributed by atoms with van der Waals surface area (Å²) >= 11 is 0. The molecule has 7 nitrogen and oxygen atoms in total. The number of nitrogens with one attached hydrogen (secondary N) is 3. The fourth-order valence-electron chi connectivity index (χ4n) is 2.81. The van der Waals surface area contributed by atoms with Crippen LogP contribution in [-0.2, 0) is 14.8 Å². The van der Waals surface area contributed by atoms with E-state index in [1.54, 1.807) is 18.2 Å². The summed E-state index contributed by atoms with van der Waals surface area (Å²) in [6.07, 6.45) is 2.23. The number of sulfonamides is 1. The van der Waals surface area contributed by atoms with Crippen molar-refractivity contribution in [2.45, 2.75) is 17.7 Å². The predicted molar refractivity (Wildman–Crippen MR) is 94.0 cm³/mol. The summed E-state index contributed by atoms with van der Waals surface area (Å²) in [6, 6.07) is 6.60. The minimum atomic E-state index is -3.55. The lowest BCUT2D eigenvalue weighted by Crippen LogP contribution is -2.39. The van der Waals surface area contributed by atoms with Gasteiger partial charge in [-0.25, -0.2) is 8.42 Å². The molecule has 1 amide bonds. The van der Waals surface area contributed by atoms with Crippen LogP contribution in [0, 0.1) is 5.92 Å². The summed E-state index contributed by atoms with van der Waals surface area (Å²) in [5.74, 6) is 0.479. The lowest BCUT2D eigenvalue weighted by molar-refractivity contribution is -0.119. The highest BCUT2D eigenvalue weighted by Crippen LogP contribution is 2.21. The number of hydrogen-bond donors (Lipinski definition) is 3. The first kappa shape index (κ1) is 18.7. The summed E-state index contributed by atoms with van der Waals surface area (Å²) in [5.41, 5.74) is 0.511. The monoisotopic (exact) mass is 372 g/mol. The highest BCUT2D eigenvalue weighted by atomic mass is 35.5. The molecule has 2 heterocycles. The Balaban J connectivity index is 0.00000208. The molecule has 1 aromatic carbocycles. The van der Waals surface area contributed by atoms with Crippen LogP contribution < -0.4 is 15.4 Å². The Kier molecular flexibility index (Phi) is 6.20. The van der Waals surface area contributed by atoms with Crippen molar-refractivity contribution < 1.29 is 13.2 Å². The van der Waals surface area contributed by atoms with Crippen molar-refractivity contribution in [2.24, 2.45) is 10.9 Å². The molecule has 0 spiro atoms. The maximum Gasteiger partial charge on any atom is 0.263 e. The van der Waals surface area contributed by atoms with Gasteiger partial charge in [-0.05, 0) is 44.0 Å². The van der Waals surface area contributed by atoms with Crippen molar-refractivity contribution >= 4 is 34.2 Å². The van der Waals surface area contributed by atoms with Gasteiger partial charge in [-0.15, -0.1) is 12.4 Å². The van der Waals surface area contributed by atoms with E-state index >= 15 is 0 Å². The van der Waals surface area contributed by atoms with Gasteiger partial charge in [0.25, 0.3) is 10.0 Å². The maximum atomic E-state index is 11.9. The van der Waals surface area contributed by atoms with E-state index in [1.807, 2.05) is 0 Å². The number of fused-ring (bicyclic) bond motifs is 1. The molecule has 3 N–H and O–H groups in total. The number of rotatable bonds is 4. The molecule has 9 heteroatoms. The zero-order valence-electron chi connectivity index (χ0n) is 13.1. The van der Waals surface area contributed by atoms with Crippen molar-refractivity contribution in [2.75, 3.05) is 26.2 Å². The first-order valence-corrected chi connectivity index (χ1v) is 9.19. The number of benzene rings is 1. The lowest BCUT2D eigenvalue weighted by Gasteiger charge is -2.22. The normalized spacial score (nSPS) is 23.0. The van der Waals surface area contributed by atoms with Gasteiger partial charge >= 0.3 is 0 Å². The molecular weight excluding hydrogens is 352 g/mol. The molecule has 0 aliphatic carbocycles. The number of amidine groups is 1. The van der Waals surface area contributed by atoms with E-state index in [1.165, 1.54) is 6.07 Å². The first-order valence-electron chi connectivity index (χ1n) is 7.70. The zero-order valence-corrected chi connectivity index (χ0v) is 14.8.